The lowest BCUT2D eigenvalue weighted by atomic mass is 10.2. The average Bonchev–Trinajstić information content (AvgIpc) is 2.89. The summed E-state index contributed by atoms with van der Waals surface area (Å²) in [6, 6.07) is 8.14. The molecule has 0 saturated carbocycles. The number of para-hydroxylation sites is 1. The van der Waals surface area contributed by atoms with Crippen molar-refractivity contribution in [2.75, 3.05) is 6.61 Å². The van der Waals surface area contributed by atoms with Gasteiger partial charge in [-0.05, 0) is 35.6 Å². The van der Waals surface area contributed by atoms with E-state index in [2.05, 4.69) is 44.3 Å². The minimum atomic E-state index is -0.299. The Morgan fingerprint density at radius 2 is 2.16 bits per heavy atom. The van der Waals surface area contributed by atoms with Crippen LogP contribution < -0.4 is 0 Å². The average molecular weight is 368 g/mol. The molecule has 0 fully saturated rings. The summed E-state index contributed by atoms with van der Waals surface area (Å²) in [6.07, 6.45) is 0. The Hall–Kier alpha value is -1.50. The van der Waals surface area contributed by atoms with Crippen LogP contribution in [0.15, 0.2) is 24.3 Å². The van der Waals surface area contributed by atoms with E-state index in [1.165, 1.54) is 0 Å². The number of carbonyl (C=O) groups is 1. The fourth-order valence-corrected chi connectivity index (χ4v) is 3.41. The summed E-state index contributed by atoms with van der Waals surface area (Å²) in [4.78, 5) is 15.1. The van der Waals surface area contributed by atoms with Crippen LogP contribution in [0.25, 0.3) is 21.9 Å². The van der Waals surface area contributed by atoms with Crippen LogP contribution in [0.4, 0.5) is 0 Å². The number of benzene rings is 1. The third-order valence-corrected chi connectivity index (χ3v) is 4.31. The number of esters is 1. The molecule has 0 atom stereocenters. The van der Waals surface area contributed by atoms with Gasteiger partial charge in [0.15, 0.2) is 0 Å². The highest BCUT2D eigenvalue weighted by molar-refractivity contribution is 14.1. The molecule has 0 aliphatic carbocycles. The monoisotopic (exact) mass is 368 g/mol. The first-order chi connectivity index (χ1) is 9.15. The van der Waals surface area contributed by atoms with Crippen LogP contribution in [-0.2, 0) is 11.8 Å². The Balaban J connectivity index is 2.33. The van der Waals surface area contributed by atoms with E-state index >= 15 is 0 Å². The summed E-state index contributed by atoms with van der Waals surface area (Å²) < 4.78 is 8.09. The predicted molar refractivity (Wildman–Crippen MR) is 83.4 cm³/mol. The molecule has 0 spiro atoms. The van der Waals surface area contributed by atoms with Crippen molar-refractivity contribution in [3.63, 3.8) is 0 Å². The van der Waals surface area contributed by atoms with E-state index in [1.807, 2.05) is 26.1 Å². The lowest BCUT2D eigenvalue weighted by Gasteiger charge is -2.01. The molecule has 0 radical (unpaired) electrons. The number of fused-ring (bicyclic) bond motifs is 3. The fraction of sp³-hybridized carbons (Fsp3) is 0.214. The maximum absolute atomic E-state index is 11.9. The first-order valence-electron chi connectivity index (χ1n) is 6.06. The highest BCUT2D eigenvalue weighted by Gasteiger charge is 2.21. The van der Waals surface area contributed by atoms with Crippen LogP contribution in [0.2, 0.25) is 0 Å². The Morgan fingerprint density at radius 1 is 1.42 bits per heavy atom. The van der Waals surface area contributed by atoms with Gasteiger partial charge in [-0.25, -0.2) is 4.79 Å². The fourth-order valence-electron chi connectivity index (χ4n) is 2.42. The number of nitrogens with one attached hydrogen (secondary N) is 1. The summed E-state index contributed by atoms with van der Waals surface area (Å²) in [5.41, 5.74) is 3.72. The van der Waals surface area contributed by atoms with Crippen molar-refractivity contribution in [3.8, 4) is 0 Å². The van der Waals surface area contributed by atoms with Gasteiger partial charge < -0.3 is 14.3 Å². The number of aromatic amines is 1. The number of halogens is 1. The highest BCUT2D eigenvalue weighted by atomic mass is 127. The molecule has 0 saturated heterocycles. The van der Waals surface area contributed by atoms with Crippen LogP contribution in [0.1, 0.15) is 17.4 Å². The molecule has 3 aromatic rings. The SMILES string of the molecule is CCOC(=O)c1[nH]c2c3ccccc3n(C)c2c1I. The third kappa shape index (κ3) is 1.75. The highest BCUT2D eigenvalue weighted by Crippen LogP contribution is 2.32. The van der Waals surface area contributed by atoms with Crippen LogP contribution in [0.3, 0.4) is 0 Å². The summed E-state index contributed by atoms with van der Waals surface area (Å²) in [6.45, 7) is 2.19. The van der Waals surface area contributed by atoms with Crippen molar-refractivity contribution in [2.45, 2.75) is 6.92 Å². The lowest BCUT2D eigenvalue weighted by Crippen LogP contribution is -2.06. The number of rotatable bonds is 2. The van der Waals surface area contributed by atoms with E-state index in [-0.39, 0.29) is 5.97 Å². The molecule has 5 heteroatoms. The first kappa shape index (κ1) is 12.5. The summed E-state index contributed by atoms with van der Waals surface area (Å²) in [7, 11) is 2.01. The van der Waals surface area contributed by atoms with Crippen molar-refractivity contribution < 1.29 is 9.53 Å². The molecule has 0 amide bonds. The summed E-state index contributed by atoms with van der Waals surface area (Å²) in [5, 5.41) is 1.12. The standard InChI is InChI=1S/C14H13IN2O2/c1-3-19-14(18)12-10(15)13-11(16-12)8-6-4-5-7-9(8)17(13)2/h4-7,16H,3H2,1-2H3. The number of aromatic nitrogens is 2. The van der Waals surface area contributed by atoms with Crippen molar-refractivity contribution in [1.82, 2.24) is 9.55 Å². The maximum atomic E-state index is 11.9. The van der Waals surface area contributed by atoms with Crippen molar-refractivity contribution in [2.24, 2.45) is 7.05 Å². The number of ether oxygens (including phenoxy) is 1. The Kier molecular flexibility index (Phi) is 3.00. The number of hydrogen-bond acceptors (Lipinski definition) is 2. The van der Waals surface area contributed by atoms with Gasteiger partial charge in [0, 0.05) is 12.4 Å². The van der Waals surface area contributed by atoms with Crippen molar-refractivity contribution in [1.29, 1.82) is 0 Å². The normalized spacial score (nSPS) is 11.3. The number of hydrogen-bond donors (Lipinski definition) is 1. The van der Waals surface area contributed by atoms with Gasteiger partial charge >= 0.3 is 5.97 Å². The smallest absolute Gasteiger partial charge is 0.355 e. The molecule has 1 aromatic carbocycles. The maximum Gasteiger partial charge on any atom is 0.355 e. The Bertz CT molecular complexity index is 786. The second-order valence-corrected chi connectivity index (χ2v) is 5.41. The van der Waals surface area contributed by atoms with Gasteiger partial charge in [0.1, 0.15) is 5.69 Å². The van der Waals surface area contributed by atoms with E-state index in [4.69, 9.17) is 4.74 Å². The van der Waals surface area contributed by atoms with Gasteiger partial charge in [0.05, 0.1) is 26.7 Å². The molecule has 4 nitrogen and oxygen atoms in total. The third-order valence-electron chi connectivity index (χ3n) is 3.26. The molecule has 98 valence electrons. The minimum Gasteiger partial charge on any atom is -0.461 e. The number of carbonyl (C=O) groups excluding carboxylic acids is 1. The molecule has 3 rings (SSSR count). The predicted octanol–water partition coefficient (Wildman–Crippen LogP) is 3.44. The largest absolute Gasteiger partial charge is 0.461 e. The zero-order valence-corrected chi connectivity index (χ0v) is 12.8. The van der Waals surface area contributed by atoms with Crippen LogP contribution >= 0.6 is 22.6 Å². The van der Waals surface area contributed by atoms with Crippen LogP contribution in [-0.4, -0.2) is 22.1 Å². The van der Waals surface area contributed by atoms with E-state index in [0.29, 0.717) is 12.3 Å². The molecular weight excluding hydrogens is 355 g/mol. The van der Waals surface area contributed by atoms with Crippen molar-refractivity contribution >= 4 is 50.5 Å². The number of nitrogens with zero attached hydrogens (tertiary/aromatic N) is 1. The van der Waals surface area contributed by atoms with E-state index < -0.39 is 0 Å². The Labute approximate surface area is 123 Å². The molecule has 2 heterocycles. The molecule has 2 aromatic heterocycles. The van der Waals surface area contributed by atoms with Gasteiger partial charge in [-0.3, -0.25) is 0 Å². The second kappa shape index (κ2) is 4.56. The quantitative estimate of drug-likeness (QED) is 0.557. The van der Waals surface area contributed by atoms with Gasteiger partial charge in [-0.1, -0.05) is 18.2 Å². The Morgan fingerprint density at radius 3 is 2.89 bits per heavy atom. The van der Waals surface area contributed by atoms with Crippen LogP contribution in [0, 0.1) is 3.57 Å². The van der Waals surface area contributed by atoms with Gasteiger partial charge in [-0.15, -0.1) is 0 Å². The lowest BCUT2D eigenvalue weighted by molar-refractivity contribution is 0.0519. The van der Waals surface area contributed by atoms with E-state index in [0.717, 1.165) is 25.5 Å². The first-order valence-corrected chi connectivity index (χ1v) is 7.14. The van der Waals surface area contributed by atoms with Crippen LogP contribution in [0.5, 0.6) is 0 Å². The summed E-state index contributed by atoms with van der Waals surface area (Å²) >= 11 is 2.20. The van der Waals surface area contributed by atoms with E-state index in [9.17, 15) is 4.79 Å². The number of aryl methyl sites for hydroxylation is 1. The summed E-state index contributed by atoms with van der Waals surface area (Å²) in [5.74, 6) is -0.299. The molecule has 0 aliphatic rings. The topological polar surface area (TPSA) is 47.0 Å². The zero-order valence-electron chi connectivity index (χ0n) is 10.7. The van der Waals surface area contributed by atoms with Gasteiger partial charge in [0.2, 0.25) is 0 Å². The second-order valence-electron chi connectivity index (χ2n) is 4.33. The molecule has 0 bridgehead atoms. The molecule has 0 aliphatic heterocycles. The van der Waals surface area contributed by atoms with Crippen molar-refractivity contribution in [3.05, 3.63) is 33.5 Å². The van der Waals surface area contributed by atoms with E-state index in [1.54, 1.807) is 0 Å². The molecule has 19 heavy (non-hydrogen) atoms. The molecular formula is C14H13IN2O2. The zero-order chi connectivity index (χ0) is 13.6. The molecule has 1 N–H and O–H groups in total. The van der Waals surface area contributed by atoms with Gasteiger partial charge in [-0.2, -0.15) is 0 Å². The van der Waals surface area contributed by atoms with Gasteiger partial charge in [0.25, 0.3) is 0 Å². The molecule has 0 unspecified atom stereocenters. The number of H-pyrrole nitrogens is 1. The minimum absolute atomic E-state index is 0.299.